The van der Waals surface area contributed by atoms with E-state index < -0.39 is 34.7 Å². The molecule has 6 nitrogen and oxygen atoms in total. The van der Waals surface area contributed by atoms with E-state index in [1.54, 1.807) is 6.92 Å². The molecule has 6 rings (SSSR count). The van der Waals surface area contributed by atoms with E-state index in [2.05, 4.69) is 0 Å². The van der Waals surface area contributed by atoms with Crippen molar-refractivity contribution >= 4 is 11.8 Å². The molecule has 3 heterocycles. The van der Waals surface area contributed by atoms with E-state index in [1.165, 1.54) is 0 Å². The average molecular weight is 412 g/mol. The van der Waals surface area contributed by atoms with Gasteiger partial charge in [-0.15, -0.1) is 0 Å². The number of hydrogen-bond donors (Lipinski definition) is 0. The largest absolute Gasteiger partial charge is 0.463 e. The van der Waals surface area contributed by atoms with Crippen LogP contribution in [0.5, 0.6) is 0 Å². The van der Waals surface area contributed by atoms with Gasteiger partial charge in [-0.25, -0.2) is 4.79 Å². The number of esters is 1. The van der Waals surface area contributed by atoms with Crippen LogP contribution >= 0.6 is 0 Å². The van der Waals surface area contributed by atoms with Crippen molar-refractivity contribution < 1.29 is 28.5 Å². The van der Waals surface area contributed by atoms with Crippen LogP contribution in [0.25, 0.3) is 0 Å². The maximum Gasteiger partial charge on any atom is 0.349 e. The fourth-order valence-corrected chi connectivity index (χ4v) is 7.42. The molecule has 3 aliphatic heterocycles. The Morgan fingerprint density at radius 3 is 2.70 bits per heavy atom. The maximum absolute atomic E-state index is 13.7. The lowest BCUT2D eigenvalue weighted by atomic mass is 9.56. The standard InChI is InChI=1S/C24H28O6/c1-2-27-20(26)24-18(25)15-21(30-24)12-8-11-17(21)22-13-6-7-14-23(22,24)29-19(28-22)16-9-4-3-5-10-16/h3-5,9-10,17,19H,2,6-8,11-15H2,1H3/t17-,19+,21-,22+,23+,24-/m1/s1. The maximum atomic E-state index is 13.7. The fraction of sp³-hybridized carbons (Fsp3) is 0.667. The predicted molar refractivity (Wildman–Crippen MR) is 105 cm³/mol. The Hall–Kier alpha value is -1.76. The first-order valence-electron chi connectivity index (χ1n) is 11.3. The zero-order valence-electron chi connectivity index (χ0n) is 17.4. The van der Waals surface area contributed by atoms with E-state index in [1.807, 2.05) is 30.3 Å². The minimum atomic E-state index is -1.73. The highest BCUT2D eigenvalue weighted by Gasteiger charge is 2.88. The summed E-state index contributed by atoms with van der Waals surface area (Å²) in [5, 5.41) is 0. The minimum Gasteiger partial charge on any atom is -0.463 e. The number of ketones is 1. The Morgan fingerprint density at radius 1 is 1.10 bits per heavy atom. The van der Waals surface area contributed by atoms with E-state index in [-0.39, 0.29) is 24.7 Å². The van der Waals surface area contributed by atoms with Crippen molar-refractivity contribution in [2.45, 2.75) is 87.0 Å². The lowest BCUT2D eigenvalue weighted by Crippen LogP contribution is -2.79. The van der Waals surface area contributed by atoms with Gasteiger partial charge >= 0.3 is 5.97 Å². The fourth-order valence-electron chi connectivity index (χ4n) is 7.42. The van der Waals surface area contributed by atoms with Crippen LogP contribution in [0.2, 0.25) is 0 Å². The monoisotopic (exact) mass is 412 g/mol. The Kier molecular flexibility index (Phi) is 3.89. The Labute approximate surface area is 176 Å². The molecule has 2 saturated carbocycles. The predicted octanol–water partition coefficient (Wildman–Crippen LogP) is 3.63. The van der Waals surface area contributed by atoms with Gasteiger partial charge in [0, 0.05) is 17.9 Å². The number of carbonyl (C=O) groups excluding carboxylic acids is 2. The molecule has 0 aromatic heterocycles. The van der Waals surface area contributed by atoms with Crippen LogP contribution in [0.4, 0.5) is 0 Å². The van der Waals surface area contributed by atoms with Gasteiger partial charge in [-0.3, -0.25) is 4.79 Å². The molecule has 2 aliphatic carbocycles. The molecule has 1 spiro atoms. The van der Waals surface area contributed by atoms with Gasteiger partial charge < -0.3 is 18.9 Å². The second-order valence-corrected chi connectivity index (χ2v) is 9.52. The van der Waals surface area contributed by atoms with E-state index in [9.17, 15) is 9.59 Å². The van der Waals surface area contributed by atoms with Crippen LogP contribution in [-0.4, -0.2) is 40.8 Å². The summed E-state index contributed by atoms with van der Waals surface area (Å²) in [6.07, 6.45) is 5.51. The van der Waals surface area contributed by atoms with Gasteiger partial charge in [-0.2, -0.15) is 0 Å². The van der Waals surface area contributed by atoms with Crippen LogP contribution in [0.1, 0.15) is 70.1 Å². The number of rotatable bonds is 3. The molecule has 5 fully saturated rings. The molecular formula is C24H28O6. The minimum absolute atomic E-state index is 0.0491. The van der Waals surface area contributed by atoms with E-state index in [4.69, 9.17) is 18.9 Å². The van der Waals surface area contributed by atoms with E-state index in [0.717, 1.165) is 44.1 Å². The Balaban J connectivity index is 1.58. The first-order valence-corrected chi connectivity index (χ1v) is 11.3. The van der Waals surface area contributed by atoms with Gasteiger partial charge in [0.15, 0.2) is 12.1 Å². The number of ether oxygens (including phenoxy) is 4. The van der Waals surface area contributed by atoms with Crippen molar-refractivity contribution in [3.63, 3.8) is 0 Å². The quantitative estimate of drug-likeness (QED) is 0.558. The van der Waals surface area contributed by atoms with Gasteiger partial charge in [0.05, 0.1) is 12.2 Å². The molecule has 6 atom stereocenters. The van der Waals surface area contributed by atoms with Gasteiger partial charge in [0.25, 0.3) is 5.60 Å². The van der Waals surface area contributed by atoms with Crippen molar-refractivity contribution in [2.75, 3.05) is 6.61 Å². The lowest BCUT2D eigenvalue weighted by molar-refractivity contribution is -0.301. The third-order valence-electron chi connectivity index (χ3n) is 8.34. The molecule has 0 unspecified atom stereocenters. The molecule has 0 amide bonds. The van der Waals surface area contributed by atoms with Crippen LogP contribution in [0.3, 0.4) is 0 Å². The van der Waals surface area contributed by atoms with Gasteiger partial charge in [0.2, 0.25) is 0 Å². The molecule has 6 heteroatoms. The third kappa shape index (κ3) is 1.96. The van der Waals surface area contributed by atoms with Crippen LogP contribution in [-0.2, 0) is 28.5 Å². The highest BCUT2D eigenvalue weighted by molar-refractivity contribution is 6.11. The molecule has 5 aliphatic rings. The summed E-state index contributed by atoms with van der Waals surface area (Å²) in [5.41, 5.74) is -3.31. The van der Waals surface area contributed by atoms with E-state index in [0.29, 0.717) is 6.42 Å². The average Bonchev–Trinajstić information content (AvgIpc) is 3.41. The van der Waals surface area contributed by atoms with Crippen molar-refractivity contribution in [1.29, 1.82) is 0 Å². The number of benzene rings is 1. The lowest BCUT2D eigenvalue weighted by Gasteiger charge is -2.60. The van der Waals surface area contributed by atoms with Crippen molar-refractivity contribution in [1.82, 2.24) is 0 Å². The first-order chi connectivity index (χ1) is 14.5. The van der Waals surface area contributed by atoms with Crippen molar-refractivity contribution in [2.24, 2.45) is 5.92 Å². The molecule has 160 valence electrons. The second kappa shape index (κ2) is 6.15. The summed E-state index contributed by atoms with van der Waals surface area (Å²) in [6.45, 7) is 1.95. The molecule has 0 N–H and O–H groups in total. The van der Waals surface area contributed by atoms with Gasteiger partial charge in [0.1, 0.15) is 11.2 Å². The molecular weight excluding hydrogens is 384 g/mol. The first kappa shape index (κ1) is 19.0. The topological polar surface area (TPSA) is 71.1 Å². The third-order valence-corrected chi connectivity index (χ3v) is 8.34. The molecule has 1 aromatic carbocycles. The molecule has 0 radical (unpaired) electrons. The Morgan fingerprint density at radius 2 is 1.90 bits per heavy atom. The summed E-state index contributed by atoms with van der Waals surface area (Å²) in [4.78, 5) is 27.2. The summed E-state index contributed by atoms with van der Waals surface area (Å²) in [6, 6.07) is 9.81. The van der Waals surface area contributed by atoms with Crippen LogP contribution in [0.15, 0.2) is 30.3 Å². The molecule has 1 aromatic rings. The molecule has 30 heavy (non-hydrogen) atoms. The zero-order valence-corrected chi connectivity index (χ0v) is 17.4. The number of fused-ring (bicyclic) bond motifs is 1. The number of carbonyl (C=O) groups is 2. The summed E-state index contributed by atoms with van der Waals surface area (Å²) < 4.78 is 25.7. The second-order valence-electron chi connectivity index (χ2n) is 9.52. The Bertz CT molecular complexity index is 900. The van der Waals surface area contributed by atoms with Gasteiger partial charge in [-0.1, -0.05) is 49.6 Å². The zero-order chi connectivity index (χ0) is 20.6. The normalized spacial score (nSPS) is 46.2. The smallest absolute Gasteiger partial charge is 0.349 e. The van der Waals surface area contributed by atoms with Crippen molar-refractivity contribution in [3.05, 3.63) is 35.9 Å². The van der Waals surface area contributed by atoms with E-state index >= 15 is 0 Å². The van der Waals surface area contributed by atoms with Gasteiger partial charge in [-0.05, 0) is 32.6 Å². The molecule has 2 bridgehead atoms. The van der Waals surface area contributed by atoms with Crippen LogP contribution < -0.4 is 0 Å². The molecule has 3 saturated heterocycles. The summed E-state index contributed by atoms with van der Waals surface area (Å²) in [7, 11) is 0. The highest BCUT2D eigenvalue weighted by atomic mass is 16.8. The van der Waals surface area contributed by atoms with Crippen molar-refractivity contribution in [3.8, 4) is 0 Å². The summed E-state index contributed by atoms with van der Waals surface area (Å²) in [5.74, 6) is -0.734. The SMILES string of the molecule is CCOC(=O)[C@@]12O[C@]3(CCC[C@H]3[C@@]34CCCC[C@@]13O[C@@H](c1ccccc1)O4)CC2=O. The van der Waals surface area contributed by atoms with Crippen LogP contribution in [0, 0.1) is 5.92 Å². The highest BCUT2D eigenvalue weighted by Crippen LogP contribution is 2.72. The summed E-state index contributed by atoms with van der Waals surface area (Å²) >= 11 is 0. The number of Topliss-reactive ketones (excluding diaryl/α,β-unsaturated/α-hetero) is 1. The number of hydrogen-bond acceptors (Lipinski definition) is 6.